The third-order valence-electron chi connectivity index (χ3n) is 4.97. The van der Waals surface area contributed by atoms with Crippen molar-refractivity contribution in [1.29, 1.82) is 0 Å². The Balaban J connectivity index is 1.57. The molecule has 1 aromatic carbocycles. The largest absolute Gasteiger partial charge is 0.347 e. The minimum absolute atomic E-state index is 0.103. The first-order valence-electron chi connectivity index (χ1n) is 10.1. The van der Waals surface area contributed by atoms with E-state index in [1.54, 1.807) is 37.3 Å². The van der Waals surface area contributed by atoms with Crippen LogP contribution in [-0.4, -0.2) is 62.5 Å². The molecule has 1 aliphatic heterocycles. The number of nitrogens with zero attached hydrogens (tertiary/aromatic N) is 3. The molecular formula is C20H29N5O3S2. The third-order valence-corrected chi connectivity index (χ3v) is 7.48. The van der Waals surface area contributed by atoms with Crippen molar-refractivity contribution in [2.75, 3.05) is 36.4 Å². The number of hydrogen-bond acceptors (Lipinski definition) is 7. The number of anilines is 2. The van der Waals surface area contributed by atoms with Crippen molar-refractivity contribution in [2.24, 2.45) is 0 Å². The maximum atomic E-state index is 12.8. The molecule has 1 unspecified atom stereocenters. The van der Waals surface area contributed by atoms with E-state index in [4.69, 9.17) is 0 Å². The van der Waals surface area contributed by atoms with Crippen LogP contribution >= 0.6 is 11.3 Å². The Morgan fingerprint density at radius 1 is 1.10 bits per heavy atom. The number of carbonyl (C=O) groups excluding carboxylic acids is 1. The number of nitrogens with one attached hydrogen (secondary N) is 2. The molecule has 0 radical (unpaired) electrons. The van der Waals surface area contributed by atoms with Gasteiger partial charge >= 0.3 is 0 Å². The molecule has 0 saturated carbocycles. The van der Waals surface area contributed by atoms with E-state index in [2.05, 4.69) is 24.8 Å². The third kappa shape index (κ3) is 5.78. The van der Waals surface area contributed by atoms with Crippen molar-refractivity contribution in [3.8, 4) is 0 Å². The van der Waals surface area contributed by atoms with Gasteiger partial charge in [-0.05, 0) is 51.5 Å². The lowest BCUT2D eigenvalue weighted by Gasteiger charge is -2.27. The van der Waals surface area contributed by atoms with Crippen LogP contribution in [0.25, 0.3) is 0 Å². The lowest BCUT2D eigenvalue weighted by atomic mass is 10.2. The van der Waals surface area contributed by atoms with E-state index in [-0.39, 0.29) is 22.9 Å². The molecule has 1 aromatic heterocycles. The first-order valence-corrected chi connectivity index (χ1v) is 12.4. The summed E-state index contributed by atoms with van der Waals surface area (Å²) in [6.07, 6.45) is 2.78. The van der Waals surface area contributed by atoms with Gasteiger partial charge in [0.1, 0.15) is 0 Å². The summed E-state index contributed by atoms with van der Waals surface area (Å²) in [5.41, 5.74) is 0.578. The van der Waals surface area contributed by atoms with Crippen molar-refractivity contribution in [1.82, 2.24) is 14.6 Å². The van der Waals surface area contributed by atoms with Gasteiger partial charge in [-0.25, -0.2) is 18.1 Å². The van der Waals surface area contributed by atoms with E-state index in [9.17, 15) is 13.2 Å². The van der Waals surface area contributed by atoms with Crippen molar-refractivity contribution < 1.29 is 13.2 Å². The topological polar surface area (TPSA) is 94.6 Å². The predicted molar refractivity (Wildman–Crippen MR) is 121 cm³/mol. The maximum Gasteiger partial charge on any atom is 0.241 e. The van der Waals surface area contributed by atoms with Crippen LogP contribution in [0, 0.1) is 0 Å². The Labute approximate surface area is 182 Å². The van der Waals surface area contributed by atoms with E-state index < -0.39 is 10.0 Å². The molecule has 1 fully saturated rings. The second-order valence-electron chi connectivity index (χ2n) is 7.66. The average molecular weight is 452 g/mol. The highest BCUT2D eigenvalue weighted by molar-refractivity contribution is 7.89. The molecular weight excluding hydrogens is 422 g/mol. The first kappa shape index (κ1) is 22.7. The van der Waals surface area contributed by atoms with Gasteiger partial charge in [-0.1, -0.05) is 0 Å². The highest BCUT2D eigenvalue weighted by Crippen LogP contribution is 2.20. The van der Waals surface area contributed by atoms with Crippen LogP contribution in [0.4, 0.5) is 10.8 Å². The normalized spacial score (nSPS) is 17.0. The lowest BCUT2D eigenvalue weighted by molar-refractivity contribution is -0.120. The number of carbonyl (C=O) groups is 1. The van der Waals surface area contributed by atoms with Crippen LogP contribution in [0.15, 0.2) is 40.7 Å². The van der Waals surface area contributed by atoms with Gasteiger partial charge in [0.25, 0.3) is 0 Å². The summed E-state index contributed by atoms with van der Waals surface area (Å²) in [6.45, 7) is 8.83. The zero-order valence-corrected chi connectivity index (χ0v) is 19.2. The summed E-state index contributed by atoms with van der Waals surface area (Å²) in [7, 11) is -3.55. The SMILES string of the molecule is CC(C)NS(=O)(=O)c1ccc(NC(=O)C(C)N2CCCN(c3nccs3)CC2)cc1. The molecule has 164 valence electrons. The highest BCUT2D eigenvalue weighted by Gasteiger charge is 2.25. The van der Waals surface area contributed by atoms with Gasteiger partial charge < -0.3 is 10.2 Å². The van der Waals surface area contributed by atoms with Crippen LogP contribution in [0.3, 0.4) is 0 Å². The summed E-state index contributed by atoms with van der Waals surface area (Å²) < 4.78 is 27.0. The quantitative estimate of drug-likeness (QED) is 0.671. The molecule has 0 aliphatic carbocycles. The smallest absolute Gasteiger partial charge is 0.241 e. The van der Waals surface area contributed by atoms with Crippen LogP contribution in [0.2, 0.25) is 0 Å². The molecule has 1 saturated heterocycles. The zero-order valence-electron chi connectivity index (χ0n) is 17.5. The van der Waals surface area contributed by atoms with Crippen molar-refractivity contribution in [3.63, 3.8) is 0 Å². The predicted octanol–water partition coefficient (Wildman–Crippen LogP) is 2.37. The fraction of sp³-hybridized carbons (Fsp3) is 0.500. The van der Waals surface area contributed by atoms with E-state index in [0.29, 0.717) is 5.69 Å². The zero-order chi connectivity index (χ0) is 21.7. The summed E-state index contributed by atoms with van der Waals surface area (Å²) in [6, 6.07) is 5.77. The highest BCUT2D eigenvalue weighted by atomic mass is 32.2. The minimum Gasteiger partial charge on any atom is -0.347 e. The molecule has 1 aliphatic rings. The van der Waals surface area contributed by atoms with E-state index in [1.165, 1.54) is 12.1 Å². The molecule has 2 aromatic rings. The average Bonchev–Trinajstić information content (AvgIpc) is 3.11. The Morgan fingerprint density at radius 2 is 1.83 bits per heavy atom. The number of amides is 1. The molecule has 0 bridgehead atoms. The lowest BCUT2D eigenvalue weighted by Crippen LogP contribution is -2.43. The summed E-state index contributed by atoms with van der Waals surface area (Å²) in [5.74, 6) is -0.103. The van der Waals surface area contributed by atoms with Gasteiger partial charge in [0, 0.05) is 49.5 Å². The molecule has 0 spiro atoms. The molecule has 2 heterocycles. The summed E-state index contributed by atoms with van der Waals surface area (Å²) in [5, 5.41) is 5.90. The van der Waals surface area contributed by atoms with Gasteiger partial charge in [0.2, 0.25) is 15.9 Å². The summed E-state index contributed by atoms with van der Waals surface area (Å²) in [4.78, 5) is 21.8. The molecule has 2 N–H and O–H groups in total. The van der Waals surface area contributed by atoms with Gasteiger partial charge in [0.15, 0.2) is 5.13 Å². The number of benzene rings is 1. The molecule has 1 atom stereocenters. The van der Waals surface area contributed by atoms with Crippen LogP contribution in [0.1, 0.15) is 27.2 Å². The van der Waals surface area contributed by atoms with Gasteiger partial charge in [0.05, 0.1) is 10.9 Å². The summed E-state index contributed by atoms with van der Waals surface area (Å²) >= 11 is 1.63. The fourth-order valence-electron chi connectivity index (χ4n) is 3.40. The molecule has 10 heteroatoms. The number of rotatable bonds is 7. The van der Waals surface area contributed by atoms with Crippen molar-refractivity contribution in [3.05, 3.63) is 35.8 Å². The molecule has 3 rings (SSSR count). The maximum absolute atomic E-state index is 12.8. The Kier molecular flexibility index (Phi) is 7.45. The molecule has 1 amide bonds. The number of thiazole rings is 1. The van der Waals surface area contributed by atoms with Gasteiger partial charge in [-0.3, -0.25) is 9.69 Å². The first-order chi connectivity index (χ1) is 14.3. The van der Waals surface area contributed by atoms with Crippen LogP contribution in [-0.2, 0) is 14.8 Å². The van der Waals surface area contributed by atoms with Crippen molar-refractivity contribution in [2.45, 2.75) is 44.2 Å². The fourth-order valence-corrected chi connectivity index (χ4v) is 5.34. The Hall–Kier alpha value is -2.01. The van der Waals surface area contributed by atoms with Crippen LogP contribution in [0.5, 0.6) is 0 Å². The monoisotopic (exact) mass is 451 g/mol. The number of sulfonamides is 1. The molecule has 30 heavy (non-hydrogen) atoms. The van der Waals surface area contributed by atoms with Gasteiger partial charge in [-0.15, -0.1) is 11.3 Å². The van der Waals surface area contributed by atoms with E-state index in [0.717, 1.165) is 37.7 Å². The number of aromatic nitrogens is 1. The standard InChI is InChI=1S/C20H29N5O3S2/c1-15(2)23-30(27,28)18-7-5-17(6-8-18)22-19(26)16(3)24-10-4-11-25(13-12-24)20-21-9-14-29-20/h5-9,14-16,23H,4,10-13H2,1-3H3,(H,22,26). The second-order valence-corrected chi connectivity index (χ2v) is 10.2. The van der Waals surface area contributed by atoms with Crippen LogP contribution < -0.4 is 14.9 Å². The van der Waals surface area contributed by atoms with E-state index in [1.807, 2.05) is 18.5 Å². The van der Waals surface area contributed by atoms with E-state index >= 15 is 0 Å². The van der Waals surface area contributed by atoms with Crippen molar-refractivity contribution >= 4 is 38.1 Å². The second kappa shape index (κ2) is 9.86. The van der Waals surface area contributed by atoms with Gasteiger partial charge in [-0.2, -0.15) is 0 Å². The Bertz CT molecular complexity index is 930. The minimum atomic E-state index is -3.55. The molecule has 8 nitrogen and oxygen atoms in total. The number of hydrogen-bond donors (Lipinski definition) is 2. The Morgan fingerprint density at radius 3 is 2.47 bits per heavy atom.